The molecule has 1 aliphatic carbocycles. The van der Waals surface area contributed by atoms with Gasteiger partial charge in [-0.25, -0.2) is 4.98 Å². The lowest BCUT2D eigenvalue weighted by Gasteiger charge is -2.34. The number of halogens is 1. The molecular formula is C24H27BrN6O. The molecule has 166 valence electrons. The second-order valence-electron chi connectivity index (χ2n) is 9.15. The van der Waals surface area contributed by atoms with E-state index in [0.717, 1.165) is 66.8 Å². The molecule has 3 aliphatic rings. The van der Waals surface area contributed by atoms with E-state index in [1.807, 2.05) is 18.2 Å². The summed E-state index contributed by atoms with van der Waals surface area (Å²) in [7, 11) is 0. The van der Waals surface area contributed by atoms with Crippen molar-refractivity contribution in [2.75, 3.05) is 49.2 Å². The van der Waals surface area contributed by atoms with Crippen LogP contribution in [-0.4, -0.2) is 59.6 Å². The zero-order chi connectivity index (χ0) is 21.5. The molecule has 1 saturated carbocycles. The van der Waals surface area contributed by atoms with Crippen LogP contribution in [0.15, 0.2) is 40.9 Å². The van der Waals surface area contributed by atoms with E-state index in [0.29, 0.717) is 11.2 Å². The van der Waals surface area contributed by atoms with Crippen molar-refractivity contribution in [1.82, 2.24) is 20.2 Å². The van der Waals surface area contributed by atoms with E-state index in [-0.39, 0.29) is 0 Å². The SMILES string of the molecule is Brc1ccc(-c2nnc(-c3cccc(N4CCOCC4)n3)[nH]2)c(N2CCC3(CC2)CC3)c1. The Labute approximate surface area is 196 Å². The van der Waals surface area contributed by atoms with Crippen LogP contribution >= 0.6 is 15.9 Å². The van der Waals surface area contributed by atoms with E-state index in [1.165, 1.54) is 31.4 Å². The van der Waals surface area contributed by atoms with Crippen molar-refractivity contribution >= 4 is 27.4 Å². The van der Waals surface area contributed by atoms with Crippen LogP contribution in [0, 0.1) is 5.41 Å². The van der Waals surface area contributed by atoms with Gasteiger partial charge < -0.3 is 19.5 Å². The first-order valence-electron chi connectivity index (χ1n) is 11.5. The maximum Gasteiger partial charge on any atom is 0.180 e. The first-order chi connectivity index (χ1) is 15.7. The highest BCUT2D eigenvalue weighted by atomic mass is 79.9. The van der Waals surface area contributed by atoms with Gasteiger partial charge in [-0.1, -0.05) is 22.0 Å². The smallest absolute Gasteiger partial charge is 0.180 e. The summed E-state index contributed by atoms with van der Waals surface area (Å²) >= 11 is 3.66. The van der Waals surface area contributed by atoms with Gasteiger partial charge in [-0.3, -0.25) is 0 Å². The molecular weight excluding hydrogens is 468 g/mol. The normalized spacial score (nSPS) is 20.0. The molecule has 0 unspecified atom stereocenters. The van der Waals surface area contributed by atoms with Crippen LogP contribution in [0.4, 0.5) is 11.5 Å². The molecule has 1 spiro atoms. The summed E-state index contributed by atoms with van der Waals surface area (Å²) in [4.78, 5) is 13.0. The number of hydrogen-bond acceptors (Lipinski definition) is 6. The zero-order valence-corrected chi connectivity index (χ0v) is 19.6. The number of nitrogens with one attached hydrogen (secondary N) is 1. The van der Waals surface area contributed by atoms with Crippen LogP contribution in [0.3, 0.4) is 0 Å². The zero-order valence-electron chi connectivity index (χ0n) is 18.1. The van der Waals surface area contributed by atoms with Crippen LogP contribution < -0.4 is 9.80 Å². The van der Waals surface area contributed by atoms with Crippen molar-refractivity contribution in [3.05, 3.63) is 40.9 Å². The first-order valence-corrected chi connectivity index (χ1v) is 12.3. The molecule has 2 aliphatic heterocycles. The summed E-state index contributed by atoms with van der Waals surface area (Å²) in [5.41, 5.74) is 3.76. The largest absolute Gasteiger partial charge is 0.378 e. The van der Waals surface area contributed by atoms with E-state index < -0.39 is 0 Å². The number of benzene rings is 1. The molecule has 0 radical (unpaired) electrons. The maximum absolute atomic E-state index is 5.47. The number of piperidine rings is 1. The number of ether oxygens (including phenoxy) is 1. The molecule has 0 amide bonds. The Kier molecular flexibility index (Phi) is 5.14. The van der Waals surface area contributed by atoms with Crippen LogP contribution in [0.25, 0.3) is 22.9 Å². The number of anilines is 2. The maximum atomic E-state index is 5.47. The Morgan fingerprint density at radius 1 is 0.875 bits per heavy atom. The minimum Gasteiger partial charge on any atom is -0.378 e. The van der Waals surface area contributed by atoms with Crippen molar-refractivity contribution in [2.24, 2.45) is 5.41 Å². The van der Waals surface area contributed by atoms with Gasteiger partial charge in [0.2, 0.25) is 0 Å². The summed E-state index contributed by atoms with van der Waals surface area (Å²) < 4.78 is 6.55. The number of morpholine rings is 1. The van der Waals surface area contributed by atoms with Gasteiger partial charge >= 0.3 is 0 Å². The third kappa shape index (κ3) is 3.90. The highest BCUT2D eigenvalue weighted by molar-refractivity contribution is 9.10. The second-order valence-corrected chi connectivity index (χ2v) is 10.1. The number of aromatic nitrogens is 4. The Morgan fingerprint density at radius 3 is 2.44 bits per heavy atom. The monoisotopic (exact) mass is 494 g/mol. The molecule has 1 N–H and O–H groups in total. The molecule has 3 fully saturated rings. The number of rotatable bonds is 4. The lowest BCUT2D eigenvalue weighted by molar-refractivity contribution is 0.122. The van der Waals surface area contributed by atoms with Crippen molar-refractivity contribution in [3.8, 4) is 22.9 Å². The van der Waals surface area contributed by atoms with Crippen molar-refractivity contribution in [1.29, 1.82) is 0 Å². The Hall–Kier alpha value is -2.45. The van der Waals surface area contributed by atoms with E-state index in [9.17, 15) is 0 Å². The van der Waals surface area contributed by atoms with E-state index in [4.69, 9.17) is 9.72 Å². The fourth-order valence-corrected chi connectivity index (χ4v) is 5.24. The average molecular weight is 495 g/mol. The molecule has 2 aromatic heterocycles. The predicted molar refractivity (Wildman–Crippen MR) is 129 cm³/mol. The van der Waals surface area contributed by atoms with Crippen LogP contribution in [0.5, 0.6) is 0 Å². The lowest BCUT2D eigenvalue weighted by atomic mass is 9.93. The van der Waals surface area contributed by atoms with Gasteiger partial charge in [-0.2, -0.15) is 0 Å². The Balaban J connectivity index is 1.28. The van der Waals surface area contributed by atoms with Crippen LogP contribution in [0.1, 0.15) is 25.7 Å². The molecule has 8 heteroatoms. The summed E-state index contributed by atoms with van der Waals surface area (Å²) in [5, 5.41) is 8.96. The average Bonchev–Trinajstić information content (AvgIpc) is 3.40. The van der Waals surface area contributed by atoms with Gasteiger partial charge in [-0.05, 0) is 61.4 Å². The molecule has 4 heterocycles. The van der Waals surface area contributed by atoms with Crippen molar-refractivity contribution < 1.29 is 4.74 Å². The van der Waals surface area contributed by atoms with Gasteiger partial charge in [0.1, 0.15) is 11.5 Å². The van der Waals surface area contributed by atoms with Crippen molar-refractivity contribution in [2.45, 2.75) is 25.7 Å². The number of nitrogens with zero attached hydrogens (tertiary/aromatic N) is 5. The van der Waals surface area contributed by atoms with E-state index in [2.05, 4.69) is 59.1 Å². The van der Waals surface area contributed by atoms with E-state index >= 15 is 0 Å². The quantitative estimate of drug-likeness (QED) is 0.575. The molecule has 3 aromatic rings. The molecule has 7 nitrogen and oxygen atoms in total. The summed E-state index contributed by atoms with van der Waals surface area (Å²) in [5.74, 6) is 2.43. The van der Waals surface area contributed by atoms with Gasteiger partial charge in [0.05, 0.1) is 13.2 Å². The molecule has 2 saturated heterocycles. The highest BCUT2D eigenvalue weighted by Gasteiger charge is 2.44. The number of pyridine rings is 1. The van der Waals surface area contributed by atoms with Crippen LogP contribution in [-0.2, 0) is 4.74 Å². The first kappa shape index (κ1) is 20.2. The standard InChI is InChI=1S/C24H27BrN6O/c25-17-4-5-18(20(16-17)30-10-8-24(6-7-24)9-11-30)22-27-23(29-28-22)19-2-1-3-21(26-19)31-12-14-32-15-13-31/h1-5,16H,6-15H2,(H,27,28,29). The number of hydrogen-bond donors (Lipinski definition) is 1. The molecule has 1 aromatic carbocycles. The van der Waals surface area contributed by atoms with Gasteiger partial charge in [-0.15, -0.1) is 10.2 Å². The van der Waals surface area contributed by atoms with Crippen LogP contribution in [0.2, 0.25) is 0 Å². The lowest BCUT2D eigenvalue weighted by Crippen LogP contribution is -2.36. The number of aromatic amines is 1. The van der Waals surface area contributed by atoms with Gasteiger partial charge in [0, 0.05) is 41.9 Å². The van der Waals surface area contributed by atoms with Gasteiger partial charge in [0.25, 0.3) is 0 Å². The molecule has 32 heavy (non-hydrogen) atoms. The fraction of sp³-hybridized carbons (Fsp3) is 0.458. The highest BCUT2D eigenvalue weighted by Crippen LogP contribution is 2.54. The summed E-state index contributed by atoms with van der Waals surface area (Å²) in [6.45, 7) is 5.40. The minimum atomic E-state index is 0.652. The summed E-state index contributed by atoms with van der Waals surface area (Å²) in [6, 6.07) is 12.5. The third-order valence-electron chi connectivity index (χ3n) is 7.14. The topological polar surface area (TPSA) is 70.2 Å². The molecule has 6 rings (SSSR count). The molecule has 0 bridgehead atoms. The van der Waals surface area contributed by atoms with Gasteiger partial charge in [0.15, 0.2) is 11.6 Å². The third-order valence-corrected chi connectivity index (χ3v) is 7.63. The summed E-state index contributed by atoms with van der Waals surface area (Å²) in [6.07, 6.45) is 5.40. The number of H-pyrrole nitrogens is 1. The molecule has 0 atom stereocenters. The minimum absolute atomic E-state index is 0.652. The Morgan fingerprint density at radius 2 is 1.66 bits per heavy atom. The Bertz CT molecular complexity index is 1110. The van der Waals surface area contributed by atoms with E-state index in [1.54, 1.807) is 0 Å². The fourth-order valence-electron chi connectivity index (χ4n) is 4.89. The van der Waals surface area contributed by atoms with Crippen molar-refractivity contribution in [3.63, 3.8) is 0 Å². The predicted octanol–water partition coefficient (Wildman–Crippen LogP) is 4.51. The second kappa shape index (κ2) is 8.15.